The van der Waals surface area contributed by atoms with Crippen molar-refractivity contribution in [2.45, 2.75) is 46.4 Å². The summed E-state index contributed by atoms with van der Waals surface area (Å²) in [5.74, 6) is 0.741. The minimum Gasteiger partial charge on any atom is -0.494 e. The van der Waals surface area contributed by atoms with Crippen LogP contribution in [0.2, 0.25) is 0 Å². The Bertz CT molecular complexity index is 1910. The molecule has 44 heavy (non-hydrogen) atoms. The van der Waals surface area contributed by atoms with E-state index in [1.165, 1.54) is 23.5 Å². The number of non-ortho nitro benzene ring substituents is 1. The Morgan fingerprint density at radius 1 is 1.07 bits per heavy atom. The van der Waals surface area contributed by atoms with E-state index >= 15 is 0 Å². The van der Waals surface area contributed by atoms with Gasteiger partial charge in [-0.05, 0) is 86.9 Å². The van der Waals surface area contributed by atoms with Crippen LogP contribution in [0.4, 0.5) is 5.69 Å². The smallest absolute Gasteiger partial charge is 0.338 e. The van der Waals surface area contributed by atoms with Crippen molar-refractivity contribution in [3.05, 3.63) is 131 Å². The average Bonchev–Trinajstić information content (AvgIpc) is 3.29. The van der Waals surface area contributed by atoms with E-state index < -0.39 is 16.9 Å². The van der Waals surface area contributed by atoms with Crippen molar-refractivity contribution in [2.75, 3.05) is 6.61 Å². The second-order valence-corrected chi connectivity index (χ2v) is 11.3. The number of ether oxygens (including phenoxy) is 3. The number of nitrogens with zero attached hydrogens (tertiary/aromatic N) is 3. The van der Waals surface area contributed by atoms with Crippen molar-refractivity contribution in [3.8, 4) is 11.5 Å². The second-order valence-electron chi connectivity index (χ2n) is 10.3. The highest BCUT2D eigenvalue weighted by Crippen LogP contribution is 2.32. The second kappa shape index (κ2) is 13.1. The normalized spacial score (nSPS) is 14.7. The maximum atomic E-state index is 13.9. The van der Waals surface area contributed by atoms with Gasteiger partial charge in [-0.15, -0.1) is 0 Å². The van der Waals surface area contributed by atoms with Gasteiger partial charge in [0.05, 0.1) is 39.5 Å². The quantitative estimate of drug-likeness (QED) is 0.139. The lowest BCUT2D eigenvalue weighted by Gasteiger charge is -2.25. The Kier molecular flexibility index (Phi) is 9.05. The number of fused-ring (bicyclic) bond motifs is 1. The molecule has 0 saturated heterocycles. The standard InChI is InChI=1S/C33H31N3O7S/c1-5-41-26-15-11-24(12-16-26)30-29(32(38)43-20(2)3)21(4)34-33-35(30)31(37)28(44-33)18-23-7-6-8-27(17-23)42-19-22-9-13-25(14-10-22)36(39)40/h6-18,20,30H,5,19H2,1-4H3/b28-18+/t30-/m0/s1. The summed E-state index contributed by atoms with van der Waals surface area (Å²) < 4.78 is 19.1. The maximum absolute atomic E-state index is 13.9. The number of carbonyl (C=O) groups excluding carboxylic acids is 1. The summed E-state index contributed by atoms with van der Waals surface area (Å²) in [6.07, 6.45) is 1.42. The topological polar surface area (TPSA) is 122 Å². The van der Waals surface area contributed by atoms with Crippen molar-refractivity contribution < 1.29 is 23.9 Å². The van der Waals surface area contributed by atoms with Gasteiger partial charge in [0.25, 0.3) is 11.2 Å². The zero-order valence-corrected chi connectivity index (χ0v) is 25.5. The summed E-state index contributed by atoms with van der Waals surface area (Å²) >= 11 is 1.24. The van der Waals surface area contributed by atoms with E-state index in [0.29, 0.717) is 38.7 Å². The predicted molar refractivity (Wildman–Crippen MR) is 166 cm³/mol. The number of rotatable bonds is 10. The van der Waals surface area contributed by atoms with Crippen LogP contribution in [0.5, 0.6) is 11.5 Å². The largest absolute Gasteiger partial charge is 0.494 e. The molecule has 0 saturated carbocycles. The molecular formula is C33H31N3O7S. The number of hydrogen-bond acceptors (Lipinski definition) is 9. The third kappa shape index (κ3) is 6.63. The first-order valence-corrected chi connectivity index (χ1v) is 14.9. The molecule has 1 aromatic heterocycles. The molecule has 226 valence electrons. The van der Waals surface area contributed by atoms with Gasteiger partial charge in [0.1, 0.15) is 18.1 Å². The number of thiazole rings is 1. The highest BCUT2D eigenvalue weighted by Gasteiger charge is 2.33. The number of benzene rings is 3. The van der Waals surface area contributed by atoms with Gasteiger partial charge in [0.2, 0.25) is 0 Å². The fraction of sp³-hybridized carbons (Fsp3) is 0.242. The van der Waals surface area contributed by atoms with Crippen molar-refractivity contribution in [3.63, 3.8) is 0 Å². The summed E-state index contributed by atoms with van der Waals surface area (Å²) in [5.41, 5.74) is 2.78. The Morgan fingerprint density at radius 2 is 1.80 bits per heavy atom. The van der Waals surface area contributed by atoms with Gasteiger partial charge in [-0.25, -0.2) is 9.79 Å². The zero-order chi connectivity index (χ0) is 31.4. The number of nitro groups is 1. The van der Waals surface area contributed by atoms with Gasteiger partial charge in [-0.2, -0.15) is 0 Å². The average molecular weight is 614 g/mol. The molecule has 0 amide bonds. The summed E-state index contributed by atoms with van der Waals surface area (Å²) in [6, 6.07) is 20.1. The minimum absolute atomic E-state index is 0.0149. The van der Waals surface area contributed by atoms with Crippen LogP contribution < -0.4 is 24.4 Å². The molecule has 3 aromatic carbocycles. The molecule has 0 aliphatic carbocycles. The summed E-state index contributed by atoms with van der Waals surface area (Å²) in [4.78, 5) is 42.8. The Balaban J connectivity index is 1.50. The van der Waals surface area contributed by atoms with Crippen molar-refractivity contribution in [1.29, 1.82) is 0 Å². The number of aromatic nitrogens is 1. The minimum atomic E-state index is -0.730. The van der Waals surface area contributed by atoms with Crippen LogP contribution in [0.3, 0.4) is 0 Å². The molecule has 4 aromatic rings. The highest BCUT2D eigenvalue weighted by atomic mass is 32.1. The van der Waals surface area contributed by atoms with Crippen LogP contribution in [-0.2, 0) is 16.1 Å². The monoisotopic (exact) mass is 613 g/mol. The Hall–Kier alpha value is -5.03. The first kappa shape index (κ1) is 30.4. The van der Waals surface area contributed by atoms with Crippen LogP contribution >= 0.6 is 11.3 Å². The van der Waals surface area contributed by atoms with E-state index in [1.807, 2.05) is 49.4 Å². The van der Waals surface area contributed by atoms with Crippen LogP contribution in [0.15, 0.2) is 93.9 Å². The lowest BCUT2D eigenvalue weighted by molar-refractivity contribution is -0.384. The number of hydrogen-bond donors (Lipinski definition) is 0. The first-order valence-electron chi connectivity index (χ1n) is 14.1. The third-order valence-electron chi connectivity index (χ3n) is 6.80. The molecule has 10 nitrogen and oxygen atoms in total. The fourth-order valence-electron chi connectivity index (χ4n) is 4.81. The van der Waals surface area contributed by atoms with Gasteiger partial charge in [0.15, 0.2) is 4.80 Å². The molecule has 0 N–H and O–H groups in total. The molecule has 2 heterocycles. The fourth-order valence-corrected chi connectivity index (χ4v) is 5.86. The van der Waals surface area contributed by atoms with Crippen molar-refractivity contribution in [2.24, 2.45) is 4.99 Å². The molecule has 11 heteroatoms. The van der Waals surface area contributed by atoms with E-state index in [2.05, 4.69) is 4.99 Å². The predicted octanol–water partition coefficient (Wildman–Crippen LogP) is 5.07. The van der Waals surface area contributed by atoms with Gasteiger partial charge in [0, 0.05) is 12.1 Å². The molecule has 1 atom stereocenters. The van der Waals surface area contributed by atoms with Gasteiger partial charge in [-0.3, -0.25) is 19.5 Å². The summed E-state index contributed by atoms with van der Waals surface area (Å²) in [6.45, 7) is 7.95. The third-order valence-corrected chi connectivity index (χ3v) is 7.78. The highest BCUT2D eigenvalue weighted by molar-refractivity contribution is 7.07. The van der Waals surface area contributed by atoms with E-state index in [0.717, 1.165) is 16.7 Å². The van der Waals surface area contributed by atoms with Gasteiger partial charge >= 0.3 is 5.97 Å². The molecule has 5 rings (SSSR count). The van der Waals surface area contributed by atoms with Gasteiger partial charge in [-0.1, -0.05) is 35.6 Å². The first-order chi connectivity index (χ1) is 21.1. The maximum Gasteiger partial charge on any atom is 0.338 e. The number of carbonyl (C=O) groups is 1. The van der Waals surface area contributed by atoms with E-state index in [9.17, 15) is 19.7 Å². The molecule has 0 radical (unpaired) electrons. The lowest BCUT2D eigenvalue weighted by Crippen LogP contribution is -2.40. The molecule has 1 aliphatic rings. The lowest BCUT2D eigenvalue weighted by atomic mass is 9.96. The molecule has 0 fully saturated rings. The number of nitro benzene ring substituents is 1. The molecule has 0 spiro atoms. The molecule has 1 aliphatic heterocycles. The zero-order valence-electron chi connectivity index (χ0n) is 24.7. The van der Waals surface area contributed by atoms with Crippen molar-refractivity contribution in [1.82, 2.24) is 4.57 Å². The molecule has 0 bridgehead atoms. The van der Waals surface area contributed by atoms with Crippen LogP contribution in [-0.4, -0.2) is 28.2 Å². The van der Waals surface area contributed by atoms with Gasteiger partial charge < -0.3 is 14.2 Å². The number of allylic oxidation sites excluding steroid dienone is 1. The number of esters is 1. The van der Waals surface area contributed by atoms with Crippen LogP contribution in [0.1, 0.15) is 50.4 Å². The molecule has 0 unspecified atom stereocenters. The van der Waals surface area contributed by atoms with E-state index in [4.69, 9.17) is 14.2 Å². The van der Waals surface area contributed by atoms with Crippen molar-refractivity contribution >= 4 is 29.1 Å². The van der Waals surface area contributed by atoms with Crippen LogP contribution in [0.25, 0.3) is 6.08 Å². The summed E-state index contributed by atoms with van der Waals surface area (Å²) in [7, 11) is 0. The summed E-state index contributed by atoms with van der Waals surface area (Å²) in [5, 5.41) is 10.9. The Labute approximate surface area is 257 Å². The Morgan fingerprint density at radius 3 is 2.45 bits per heavy atom. The van der Waals surface area contributed by atoms with E-state index in [-0.39, 0.29) is 24.0 Å². The molecular weight excluding hydrogens is 582 g/mol. The SMILES string of the molecule is CCOc1ccc([C@H]2C(C(=O)OC(C)C)=C(C)N=c3s/c(=C/c4cccc(OCc5ccc([N+](=O)[O-])cc5)c4)c(=O)n32)cc1. The van der Waals surface area contributed by atoms with Crippen LogP contribution in [0, 0.1) is 10.1 Å². The van der Waals surface area contributed by atoms with E-state index in [1.54, 1.807) is 49.6 Å².